The molecule has 4 nitrogen and oxygen atoms in total. The van der Waals surface area contributed by atoms with Gasteiger partial charge in [0.25, 0.3) is 0 Å². The minimum atomic E-state index is -0.807. The molecule has 5 atom stereocenters. The normalized spacial score (nSPS) is 43.6. The van der Waals surface area contributed by atoms with Crippen molar-refractivity contribution in [1.29, 1.82) is 0 Å². The van der Waals surface area contributed by atoms with Crippen molar-refractivity contribution < 1.29 is 19.4 Å². The molecule has 0 aromatic heterocycles. The molecule has 2 heterocycles. The van der Waals surface area contributed by atoms with Crippen molar-refractivity contribution in [3.8, 4) is 0 Å². The van der Waals surface area contributed by atoms with Crippen LogP contribution in [-0.4, -0.2) is 35.0 Å². The van der Waals surface area contributed by atoms with E-state index in [4.69, 9.17) is 9.47 Å². The Morgan fingerprint density at radius 1 is 1.20 bits per heavy atom. The Kier molecular flexibility index (Phi) is 4.16. The summed E-state index contributed by atoms with van der Waals surface area (Å²) in [6, 6.07) is 0. The zero-order valence-electron chi connectivity index (χ0n) is 12.3. The van der Waals surface area contributed by atoms with Crippen LogP contribution in [0.4, 0.5) is 0 Å². The average Bonchev–Trinajstić information content (AvgIpc) is 2.72. The highest BCUT2D eigenvalue weighted by molar-refractivity contribution is 5.87. The first kappa shape index (κ1) is 14.5. The first-order chi connectivity index (χ1) is 9.66. The molecule has 1 N–H and O–H groups in total. The van der Waals surface area contributed by atoms with Crippen LogP contribution in [0.2, 0.25) is 0 Å². The SMILES string of the molecule is CCCCCC[C@@H]1O[C@@]23CC[C@@H](O)C(=O)[C@H]2CC[C@@H]1O3. The van der Waals surface area contributed by atoms with Crippen molar-refractivity contribution >= 4 is 5.78 Å². The van der Waals surface area contributed by atoms with Gasteiger partial charge < -0.3 is 14.6 Å². The Morgan fingerprint density at radius 3 is 2.85 bits per heavy atom. The van der Waals surface area contributed by atoms with Gasteiger partial charge >= 0.3 is 0 Å². The summed E-state index contributed by atoms with van der Waals surface area (Å²) in [6.45, 7) is 2.21. The van der Waals surface area contributed by atoms with Crippen molar-refractivity contribution in [3.05, 3.63) is 0 Å². The van der Waals surface area contributed by atoms with Crippen LogP contribution in [0, 0.1) is 5.92 Å². The Labute approximate surface area is 120 Å². The van der Waals surface area contributed by atoms with E-state index in [2.05, 4.69) is 6.92 Å². The number of unbranched alkanes of at least 4 members (excludes halogenated alkanes) is 3. The lowest BCUT2D eigenvalue weighted by atomic mass is 9.76. The number of aliphatic hydroxyl groups is 1. The minimum Gasteiger partial charge on any atom is -0.385 e. The molecule has 2 bridgehead atoms. The monoisotopic (exact) mass is 282 g/mol. The summed E-state index contributed by atoms with van der Waals surface area (Å²) in [5, 5.41) is 9.75. The molecule has 0 amide bonds. The lowest BCUT2D eigenvalue weighted by Crippen LogP contribution is -2.53. The lowest BCUT2D eigenvalue weighted by Gasteiger charge is -2.42. The van der Waals surface area contributed by atoms with Crippen LogP contribution in [0.25, 0.3) is 0 Å². The van der Waals surface area contributed by atoms with Gasteiger partial charge in [0, 0.05) is 6.42 Å². The summed E-state index contributed by atoms with van der Waals surface area (Å²) in [6.07, 6.45) is 8.32. The van der Waals surface area contributed by atoms with Gasteiger partial charge in [-0.15, -0.1) is 0 Å². The van der Waals surface area contributed by atoms with Crippen LogP contribution in [0.1, 0.15) is 64.7 Å². The predicted octanol–water partition coefficient (Wildman–Crippen LogP) is 2.57. The Bertz CT molecular complexity index is 369. The first-order valence-corrected chi connectivity index (χ1v) is 8.23. The third kappa shape index (κ3) is 2.42. The van der Waals surface area contributed by atoms with E-state index in [-0.39, 0.29) is 23.9 Å². The van der Waals surface area contributed by atoms with Crippen LogP contribution in [-0.2, 0) is 14.3 Å². The number of ketones is 1. The number of carbonyl (C=O) groups is 1. The maximum absolute atomic E-state index is 12.1. The van der Waals surface area contributed by atoms with E-state index >= 15 is 0 Å². The molecule has 0 radical (unpaired) electrons. The third-order valence-electron chi connectivity index (χ3n) is 5.17. The third-order valence-corrected chi connectivity index (χ3v) is 5.17. The number of carbonyl (C=O) groups excluding carboxylic acids is 1. The number of fused-ring (bicyclic) bond motifs is 1. The summed E-state index contributed by atoms with van der Waals surface area (Å²) in [4.78, 5) is 12.1. The molecule has 0 unspecified atom stereocenters. The molecular formula is C16H26O4. The maximum atomic E-state index is 12.1. The fraction of sp³-hybridized carbons (Fsp3) is 0.938. The number of ether oxygens (including phenoxy) is 2. The van der Waals surface area contributed by atoms with Crippen LogP contribution in [0.15, 0.2) is 0 Å². The Morgan fingerprint density at radius 2 is 2.05 bits per heavy atom. The standard InChI is InChI=1S/C16H26O4/c1-2-3-4-5-6-13-14-8-7-11-15(18)12(17)9-10-16(11,19-13)20-14/h11-14,17H,2-10H2,1H3/t11-,12-,13+,14+,16-/m1/s1. The summed E-state index contributed by atoms with van der Waals surface area (Å²) in [5.74, 6) is -1.02. The molecule has 114 valence electrons. The second kappa shape index (κ2) is 5.74. The summed E-state index contributed by atoms with van der Waals surface area (Å²) >= 11 is 0. The van der Waals surface area contributed by atoms with Gasteiger partial charge in [-0.05, 0) is 25.7 Å². The van der Waals surface area contributed by atoms with Gasteiger partial charge in [0.05, 0.1) is 18.1 Å². The Balaban J connectivity index is 1.63. The summed E-state index contributed by atoms with van der Waals surface area (Å²) < 4.78 is 12.3. The molecule has 1 spiro atoms. The second-order valence-electron chi connectivity index (χ2n) is 6.56. The fourth-order valence-corrected chi connectivity index (χ4v) is 4.03. The lowest BCUT2D eigenvalue weighted by molar-refractivity contribution is -0.242. The maximum Gasteiger partial charge on any atom is 0.179 e. The number of rotatable bonds is 5. The Hall–Kier alpha value is -0.450. The molecule has 0 aromatic carbocycles. The molecule has 2 saturated heterocycles. The molecule has 20 heavy (non-hydrogen) atoms. The number of hydrogen-bond acceptors (Lipinski definition) is 4. The average molecular weight is 282 g/mol. The largest absolute Gasteiger partial charge is 0.385 e. The van der Waals surface area contributed by atoms with Gasteiger partial charge in [0.15, 0.2) is 11.6 Å². The highest BCUT2D eigenvalue weighted by Gasteiger charge is 2.60. The molecule has 3 fully saturated rings. The number of hydrogen-bond donors (Lipinski definition) is 1. The van der Waals surface area contributed by atoms with E-state index in [1.54, 1.807) is 0 Å². The minimum absolute atomic E-state index is 0.0682. The predicted molar refractivity (Wildman–Crippen MR) is 74.2 cm³/mol. The molecule has 3 rings (SSSR count). The molecule has 1 aliphatic carbocycles. The second-order valence-corrected chi connectivity index (χ2v) is 6.56. The number of aliphatic hydroxyl groups excluding tert-OH is 1. The quantitative estimate of drug-likeness (QED) is 0.787. The van der Waals surface area contributed by atoms with Crippen LogP contribution in [0.3, 0.4) is 0 Å². The van der Waals surface area contributed by atoms with E-state index in [0.29, 0.717) is 12.8 Å². The van der Waals surface area contributed by atoms with Crippen molar-refractivity contribution in [1.82, 2.24) is 0 Å². The van der Waals surface area contributed by atoms with Gasteiger partial charge in [-0.1, -0.05) is 32.6 Å². The van der Waals surface area contributed by atoms with Gasteiger partial charge in [0.2, 0.25) is 0 Å². The van der Waals surface area contributed by atoms with Crippen molar-refractivity contribution in [2.75, 3.05) is 0 Å². The topological polar surface area (TPSA) is 55.8 Å². The van der Waals surface area contributed by atoms with Crippen molar-refractivity contribution in [2.24, 2.45) is 5.92 Å². The van der Waals surface area contributed by atoms with E-state index in [1.165, 1.54) is 25.7 Å². The van der Waals surface area contributed by atoms with Crippen molar-refractivity contribution in [3.63, 3.8) is 0 Å². The highest BCUT2D eigenvalue weighted by atomic mass is 16.8. The van der Waals surface area contributed by atoms with Gasteiger partial charge in [-0.25, -0.2) is 0 Å². The zero-order valence-corrected chi connectivity index (χ0v) is 12.3. The molecular weight excluding hydrogens is 256 g/mol. The smallest absolute Gasteiger partial charge is 0.179 e. The fourth-order valence-electron chi connectivity index (χ4n) is 4.03. The van der Waals surface area contributed by atoms with Gasteiger partial charge in [0.1, 0.15) is 6.10 Å². The summed E-state index contributed by atoms with van der Waals surface area (Å²) in [5.41, 5.74) is 0. The first-order valence-electron chi connectivity index (χ1n) is 8.23. The van der Waals surface area contributed by atoms with E-state index in [1.807, 2.05) is 0 Å². The van der Waals surface area contributed by atoms with E-state index in [9.17, 15) is 9.90 Å². The molecule has 3 aliphatic rings. The molecule has 2 aliphatic heterocycles. The van der Waals surface area contributed by atoms with Crippen molar-refractivity contribution in [2.45, 2.75) is 88.8 Å². The van der Waals surface area contributed by atoms with Crippen LogP contribution in [0.5, 0.6) is 0 Å². The number of Topliss-reactive ketones (excluding diaryl/α,β-unsaturated/α-hetero) is 1. The molecule has 0 aromatic rings. The summed E-state index contributed by atoms with van der Waals surface area (Å²) in [7, 11) is 0. The van der Waals surface area contributed by atoms with E-state index < -0.39 is 11.9 Å². The van der Waals surface area contributed by atoms with Crippen LogP contribution < -0.4 is 0 Å². The zero-order chi connectivity index (χ0) is 14.2. The van der Waals surface area contributed by atoms with E-state index in [0.717, 1.165) is 19.3 Å². The molecule has 4 heteroatoms. The van der Waals surface area contributed by atoms with Gasteiger partial charge in [-0.3, -0.25) is 4.79 Å². The van der Waals surface area contributed by atoms with Crippen LogP contribution >= 0.6 is 0 Å². The highest BCUT2D eigenvalue weighted by Crippen LogP contribution is 2.50. The molecule has 1 saturated carbocycles. The van der Waals surface area contributed by atoms with Gasteiger partial charge in [-0.2, -0.15) is 0 Å².